The molecule has 4 aliphatic rings. The summed E-state index contributed by atoms with van der Waals surface area (Å²) in [4.78, 5) is 46.1. The number of methoxy groups -OCH3 is 2. The lowest BCUT2D eigenvalue weighted by Crippen LogP contribution is -2.52. The molecule has 3 aromatic carbocycles. The second-order valence-electron chi connectivity index (χ2n) is 15.9. The largest absolute Gasteiger partial charge is 0.497 e. The lowest BCUT2D eigenvalue weighted by Gasteiger charge is -2.37. The summed E-state index contributed by atoms with van der Waals surface area (Å²) in [7, 11) is 0.778. The number of aliphatic hydroxyl groups excluding tert-OH is 1. The maximum Gasteiger partial charge on any atom is 0.264 e. The van der Waals surface area contributed by atoms with Gasteiger partial charge < -0.3 is 39.8 Å². The smallest absolute Gasteiger partial charge is 0.264 e. The quantitative estimate of drug-likeness (QED) is 0.239. The summed E-state index contributed by atoms with van der Waals surface area (Å²) in [5, 5.41) is 17.7. The maximum absolute atomic E-state index is 15.3. The van der Waals surface area contributed by atoms with Crippen LogP contribution in [0.4, 0.5) is 11.4 Å². The summed E-state index contributed by atoms with van der Waals surface area (Å²) >= 11 is 0. The molecule has 4 aliphatic heterocycles. The fourth-order valence-electron chi connectivity index (χ4n) is 9.67. The van der Waals surface area contributed by atoms with Crippen LogP contribution < -0.4 is 30.2 Å². The Balaban J connectivity index is 1.25. The Hall–Kier alpha value is -4.23. The minimum atomic E-state index is -2.49. The minimum Gasteiger partial charge on any atom is -0.497 e. The van der Waals surface area contributed by atoms with Gasteiger partial charge in [-0.05, 0) is 85.8 Å². The number of rotatable bonds is 11. The number of anilines is 2. The molecule has 4 heterocycles. The van der Waals surface area contributed by atoms with E-state index < -0.39 is 19.8 Å². The lowest BCUT2D eigenvalue weighted by atomic mass is 9.82. The zero-order valence-corrected chi connectivity index (χ0v) is 33.1. The van der Waals surface area contributed by atoms with E-state index in [9.17, 15) is 14.7 Å². The number of piperidine rings is 1. The number of carbonyl (C=O) groups excluding carboxylic acids is 3. The van der Waals surface area contributed by atoms with Gasteiger partial charge in [-0.1, -0.05) is 49.5 Å². The molecular formula is C42H54N4O7Si. The van der Waals surface area contributed by atoms with Crippen molar-refractivity contribution in [3.63, 3.8) is 0 Å². The highest BCUT2D eigenvalue weighted by Crippen LogP contribution is 2.60. The summed E-state index contributed by atoms with van der Waals surface area (Å²) in [5.74, 6) is 0.773. The highest BCUT2D eigenvalue weighted by atomic mass is 28.3. The predicted octanol–water partition coefficient (Wildman–Crippen LogP) is 4.78. The number of hydrogen-bond acceptors (Lipinski definition) is 8. The number of carbonyl (C=O) groups is 3. The molecule has 3 N–H and O–H groups in total. The van der Waals surface area contributed by atoms with Crippen molar-refractivity contribution >= 4 is 42.4 Å². The number of hydrogen-bond donors (Lipinski definition) is 3. The van der Waals surface area contributed by atoms with E-state index in [1.807, 2.05) is 54.6 Å². The van der Waals surface area contributed by atoms with Crippen molar-refractivity contribution in [3.05, 3.63) is 77.9 Å². The van der Waals surface area contributed by atoms with E-state index in [0.29, 0.717) is 24.5 Å². The molecule has 3 saturated heterocycles. The number of likely N-dealkylation sites (tertiary alicyclic amines) is 1. The third-order valence-corrected chi connectivity index (χ3v) is 16.9. The number of fused-ring (bicyclic) bond motifs is 2. The van der Waals surface area contributed by atoms with Crippen molar-refractivity contribution in [1.29, 1.82) is 0 Å². The number of aliphatic hydroxyl groups is 1. The third kappa shape index (κ3) is 6.82. The van der Waals surface area contributed by atoms with Gasteiger partial charge in [-0.25, -0.2) is 0 Å². The number of benzene rings is 3. The van der Waals surface area contributed by atoms with Crippen LogP contribution in [0, 0.1) is 11.8 Å². The number of nitrogens with zero attached hydrogens (tertiary/aromatic N) is 2. The van der Waals surface area contributed by atoms with Crippen molar-refractivity contribution in [1.82, 2.24) is 10.2 Å². The van der Waals surface area contributed by atoms with Crippen molar-refractivity contribution < 1.29 is 33.7 Å². The Labute approximate surface area is 319 Å². The molecule has 7 rings (SSSR count). The maximum atomic E-state index is 15.3. The van der Waals surface area contributed by atoms with Gasteiger partial charge in [0.05, 0.1) is 65.6 Å². The molecular weight excluding hydrogens is 701 g/mol. The Bertz CT molecular complexity index is 1870. The topological polar surface area (TPSA) is 130 Å². The summed E-state index contributed by atoms with van der Waals surface area (Å²) < 4.78 is 18.4. The molecule has 6 atom stereocenters. The van der Waals surface area contributed by atoms with E-state index in [0.717, 1.165) is 54.8 Å². The van der Waals surface area contributed by atoms with Gasteiger partial charge >= 0.3 is 0 Å². The van der Waals surface area contributed by atoms with Crippen LogP contribution in [-0.4, -0.2) is 88.4 Å². The molecule has 0 radical (unpaired) electrons. The van der Waals surface area contributed by atoms with Crippen LogP contribution in [0.2, 0.25) is 18.6 Å². The first-order chi connectivity index (χ1) is 26.0. The van der Waals surface area contributed by atoms with Gasteiger partial charge in [0.2, 0.25) is 11.8 Å². The van der Waals surface area contributed by atoms with Crippen LogP contribution in [-0.2, 0) is 31.3 Å². The summed E-state index contributed by atoms with van der Waals surface area (Å²) in [6.45, 7) is 9.11. The molecule has 3 aromatic rings. The van der Waals surface area contributed by atoms with Crippen LogP contribution in [0.25, 0.3) is 0 Å². The molecule has 12 heteroatoms. The fourth-order valence-corrected chi connectivity index (χ4v) is 13.7. The first kappa shape index (κ1) is 38.1. The average molecular weight is 755 g/mol. The SMILES string of the molecule is COc1ccc([Si](C)(C)[C@H]2[C@H](CC(=O)N3CCC[C@H]3CO)O[C@@]3(C(=O)N(Cc4cccc(NC(=O)C5CCCNC5)c4)c4ccc(OC)cc43)[C@@H]2C)cc1. The highest BCUT2D eigenvalue weighted by molar-refractivity contribution is 6.91. The van der Waals surface area contributed by atoms with E-state index in [1.165, 1.54) is 5.19 Å². The molecule has 3 fully saturated rings. The van der Waals surface area contributed by atoms with E-state index in [1.54, 1.807) is 24.0 Å². The molecule has 0 bridgehead atoms. The molecule has 11 nitrogen and oxygen atoms in total. The molecule has 288 valence electrons. The van der Waals surface area contributed by atoms with E-state index in [2.05, 4.69) is 42.8 Å². The summed E-state index contributed by atoms with van der Waals surface area (Å²) in [6, 6.07) is 21.4. The molecule has 3 amide bonds. The number of nitrogens with one attached hydrogen (secondary N) is 2. The Morgan fingerprint density at radius 1 is 1.02 bits per heavy atom. The second kappa shape index (κ2) is 15.5. The van der Waals surface area contributed by atoms with Crippen molar-refractivity contribution in [2.75, 3.05) is 50.7 Å². The van der Waals surface area contributed by atoms with Crippen molar-refractivity contribution in [3.8, 4) is 11.5 Å². The molecule has 54 heavy (non-hydrogen) atoms. The Morgan fingerprint density at radius 3 is 2.48 bits per heavy atom. The Kier molecular flexibility index (Phi) is 10.9. The van der Waals surface area contributed by atoms with Crippen molar-refractivity contribution in [2.24, 2.45) is 11.8 Å². The Morgan fingerprint density at radius 2 is 1.78 bits per heavy atom. The van der Waals surface area contributed by atoms with E-state index in [4.69, 9.17) is 14.2 Å². The van der Waals surface area contributed by atoms with Crippen LogP contribution >= 0.6 is 0 Å². The van der Waals surface area contributed by atoms with Gasteiger partial charge in [0.15, 0.2) is 5.60 Å². The van der Waals surface area contributed by atoms with Gasteiger partial charge in [0, 0.05) is 30.3 Å². The van der Waals surface area contributed by atoms with Gasteiger partial charge in [-0.2, -0.15) is 0 Å². The van der Waals surface area contributed by atoms with Crippen LogP contribution in [0.1, 0.15) is 50.2 Å². The van der Waals surface area contributed by atoms with Gasteiger partial charge in [-0.3, -0.25) is 14.4 Å². The molecule has 0 saturated carbocycles. The lowest BCUT2D eigenvalue weighted by molar-refractivity contribution is -0.150. The fraction of sp³-hybridized carbons (Fsp3) is 0.500. The first-order valence-electron chi connectivity index (χ1n) is 19.4. The summed E-state index contributed by atoms with van der Waals surface area (Å²) in [6.07, 6.45) is 3.01. The third-order valence-electron chi connectivity index (χ3n) is 12.5. The number of amides is 3. The monoisotopic (exact) mass is 754 g/mol. The summed E-state index contributed by atoms with van der Waals surface area (Å²) in [5.41, 5.74) is 1.55. The first-order valence-corrected chi connectivity index (χ1v) is 22.4. The zero-order valence-electron chi connectivity index (χ0n) is 32.1. The molecule has 1 spiro atoms. The minimum absolute atomic E-state index is 0.00400. The van der Waals surface area contributed by atoms with Crippen LogP contribution in [0.5, 0.6) is 11.5 Å². The van der Waals surface area contributed by atoms with Crippen molar-refractivity contribution in [2.45, 2.75) is 82.0 Å². The zero-order chi connectivity index (χ0) is 38.2. The molecule has 0 aliphatic carbocycles. The van der Waals surface area contributed by atoms with E-state index in [-0.39, 0.29) is 60.7 Å². The molecule has 0 aromatic heterocycles. The van der Waals surface area contributed by atoms with Gasteiger partial charge in [0.25, 0.3) is 5.91 Å². The predicted molar refractivity (Wildman–Crippen MR) is 211 cm³/mol. The van der Waals surface area contributed by atoms with Gasteiger partial charge in [-0.15, -0.1) is 0 Å². The van der Waals surface area contributed by atoms with Crippen LogP contribution in [0.3, 0.4) is 0 Å². The standard InChI is InChI=1S/C42H54N4O7Si/c1-27-39(54(4,5)34-16-13-32(51-2)14-17-34)37(23-38(48)45-20-8-12-31(45)26-47)53-42(27)35-22-33(52-3)15-18-36(35)46(41(42)50)25-28-9-6-11-30(21-28)44-40(49)29-10-7-19-43-24-29/h6,9,11,13-18,21-22,27,29,31,37,39,43,47H,7-8,10,12,19-20,23-26H2,1-5H3,(H,44,49)/t27-,29?,31+,37+,39-,42+/m1/s1. The van der Waals surface area contributed by atoms with E-state index >= 15 is 4.79 Å². The second-order valence-corrected chi connectivity index (χ2v) is 20.6. The normalized spacial score (nSPS) is 26.6. The number of ether oxygens (including phenoxy) is 3. The van der Waals surface area contributed by atoms with Gasteiger partial charge in [0.1, 0.15) is 11.5 Å². The average Bonchev–Trinajstić information content (AvgIpc) is 3.85. The molecule has 1 unspecified atom stereocenters. The highest BCUT2D eigenvalue weighted by Gasteiger charge is 2.66. The van der Waals surface area contributed by atoms with Crippen LogP contribution in [0.15, 0.2) is 66.7 Å².